The van der Waals surface area contributed by atoms with Gasteiger partial charge in [-0.25, -0.2) is 9.97 Å². The highest BCUT2D eigenvalue weighted by Crippen LogP contribution is 2.29. The summed E-state index contributed by atoms with van der Waals surface area (Å²) in [5.74, 6) is 0.421. The van der Waals surface area contributed by atoms with Crippen molar-refractivity contribution in [3.8, 4) is 5.75 Å². The minimum Gasteiger partial charge on any atom is -0.487 e. The van der Waals surface area contributed by atoms with Gasteiger partial charge in [-0.1, -0.05) is 0 Å². The van der Waals surface area contributed by atoms with Crippen molar-refractivity contribution in [1.29, 1.82) is 0 Å². The quantitative estimate of drug-likeness (QED) is 0.630. The van der Waals surface area contributed by atoms with Crippen LogP contribution in [-0.2, 0) is 9.53 Å². The Balaban J connectivity index is 1.96. The molecular formula is C15H21ClN2O3. The SMILES string of the molecule is Cc1nc(Cl)ncc1O[C@H]1CCC[C@H](C(=O)OC(C)C)C1. The van der Waals surface area contributed by atoms with Crippen molar-refractivity contribution in [1.82, 2.24) is 9.97 Å². The van der Waals surface area contributed by atoms with E-state index in [1.54, 1.807) is 6.20 Å². The van der Waals surface area contributed by atoms with E-state index in [4.69, 9.17) is 21.1 Å². The van der Waals surface area contributed by atoms with Crippen molar-refractivity contribution in [2.75, 3.05) is 0 Å². The molecule has 1 saturated carbocycles. The maximum atomic E-state index is 12.0. The Bertz CT molecular complexity index is 508. The largest absolute Gasteiger partial charge is 0.487 e. The fourth-order valence-electron chi connectivity index (χ4n) is 2.52. The third kappa shape index (κ3) is 4.56. The molecule has 1 aliphatic carbocycles. The first kappa shape index (κ1) is 16.0. The molecule has 2 atom stereocenters. The minimum atomic E-state index is -0.123. The molecule has 1 aromatic rings. The van der Waals surface area contributed by atoms with E-state index in [1.807, 2.05) is 20.8 Å². The summed E-state index contributed by atoms with van der Waals surface area (Å²) in [6.45, 7) is 5.56. The summed E-state index contributed by atoms with van der Waals surface area (Å²) in [4.78, 5) is 20.0. The fourth-order valence-corrected chi connectivity index (χ4v) is 2.69. The predicted octanol–water partition coefficient (Wildman–Crippen LogP) is 3.33. The first-order valence-electron chi connectivity index (χ1n) is 7.32. The number of rotatable bonds is 4. The Kier molecular flexibility index (Phi) is 5.39. The number of aryl methyl sites for hydroxylation is 1. The van der Waals surface area contributed by atoms with Crippen molar-refractivity contribution in [3.63, 3.8) is 0 Å². The zero-order valence-electron chi connectivity index (χ0n) is 12.6. The van der Waals surface area contributed by atoms with Crippen molar-refractivity contribution in [3.05, 3.63) is 17.2 Å². The lowest BCUT2D eigenvalue weighted by Crippen LogP contribution is -2.32. The maximum Gasteiger partial charge on any atom is 0.309 e. The van der Waals surface area contributed by atoms with Crippen LogP contribution in [-0.4, -0.2) is 28.1 Å². The third-order valence-electron chi connectivity index (χ3n) is 3.51. The number of esters is 1. The van der Waals surface area contributed by atoms with Crippen LogP contribution in [0.15, 0.2) is 6.20 Å². The molecule has 1 aliphatic rings. The molecular weight excluding hydrogens is 292 g/mol. The van der Waals surface area contributed by atoms with Crippen LogP contribution < -0.4 is 4.74 Å². The van der Waals surface area contributed by atoms with Crippen LogP contribution in [0.1, 0.15) is 45.2 Å². The molecule has 0 aliphatic heterocycles. The molecule has 0 radical (unpaired) electrons. The molecule has 0 bridgehead atoms. The lowest BCUT2D eigenvalue weighted by atomic mass is 9.87. The molecule has 5 nitrogen and oxygen atoms in total. The third-order valence-corrected chi connectivity index (χ3v) is 3.69. The summed E-state index contributed by atoms with van der Waals surface area (Å²) < 4.78 is 11.2. The molecule has 0 N–H and O–H groups in total. The maximum absolute atomic E-state index is 12.0. The topological polar surface area (TPSA) is 61.3 Å². The molecule has 2 rings (SSSR count). The van der Waals surface area contributed by atoms with Gasteiger partial charge in [-0.05, 0) is 58.1 Å². The summed E-state index contributed by atoms with van der Waals surface area (Å²) in [5, 5.41) is 0.210. The number of aromatic nitrogens is 2. The van der Waals surface area contributed by atoms with E-state index in [9.17, 15) is 4.79 Å². The van der Waals surface area contributed by atoms with Gasteiger partial charge < -0.3 is 9.47 Å². The average molecular weight is 313 g/mol. The minimum absolute atomic E-state index is 0.00747. The molecule has 6 heteroatoms. The smallest absolute Gasteiger partial charge is 0.309 e. The van der Waals surface area contributed by atoms with Crippen LogP contribution in [0.5, 0.6) is 5.75 Å². The Morgan fingerprint density at radius 3 is 2.86 bits per heavy atom. The molecule has 0 amide bonds. The van der Waals surface area contributed by atoms with Gasteiger partial charge in [0.1, 0.15) is 0 Å². The molecule has 21 heavy (non-hydrogen) atoms. The van der Waals surface area contributed by atoms with Gasteiger partial charge in [-0.15, -0.1) is 0 Å². The number of nitrogens with zero attached hydrogens (tertiary/aromatic N) is 2. The van der Waals surface area contributed by atoms with Crippen molar-refractivity contribution >= 4 is 17.6 Å². The van der Waals surface area contributed by atoms with Crippen molar-refractivity contribution in [2.45, 2.75) is 58.7 Å². The van der Waals surface area contributed by atoms with Crippen LogP contribution >= 0.6 is 11.6 Å². The Morgan fingerprint density at radius 1 is 1.43 bits per heavy atom. The van der Waals surface area contributed by atoms with E-state index in [1.165, 1.54) is 0 Å². The predicted molar refractivity (Wildman–Crippen MR) is 79.4 cm³/mol. The number of ether oxygens (including phenoxy) is 2. The summed E-state index contributed by atoms with van der Waals surface area (Å²) in [7, 11) is 0. The number of hydrogen-bond acceptors (Lipinski definition) is 5. The molecule has 1 heterocycles. The van der Waals surface area contributed by atoms with E-state index < -0.39 is 0 Å². The molecule has 0 aromatic carbocycles. The highest BCUT2D eigenvalue weighted by Gasteiger charge is 2.30. The van der Waals surface area contributed by atoms with Crippen molar-refractivity contribution in [2.24, 2.45) is 5.92 Å². The van der Waals surface area contributed by atoms with Gasteiger partial charge in [-0.3, -0.25) is 4.79 Å². The van der Waals surface area contributed by atoms with E-state index in [0.29, 0.717) is 17.9 Å². The molecule has 1 fully saturated rings. The summed E-state index contributed by atoms with van der Waals surface area (Å²) in [5.41, 5.74) is 0.710. The Labute approximate surface area is 130 Å². The Hall–Kier alpha value is -1.36. The van der Waals surface area contributed by atoms with E-state index >= 15 is 0 Å². The van der Waals surface area contributed by atoms with Crippen LogP contribution in [0.2, 0.25) is 5.28 Å². The lowest BCUT2D eigenvalue weighted by molar-refractivity contribution is -0.154. The molecule has 0 spiro atoms. The van der Waals surface area contributed by atoms with Gasteiger partial charge in [0.25, 0.3) is 0 Å². The van der Waals surface area contributed by atoms with Crippen LogP contribution in [0.25, 0.3) is 0 Å². The second-order valence-electron chi connectivity index (χ2n) is 5.68. The van der Waals surface area contributed by atoms with E-state index in [2.05, 4.69) is 9.97 Å². The fraction of sp³-hybridized carbons (Fsp3) is 0.667. The van der Waals surface area contributed by atoms with Crippen LogP contribution in [0.3, 0.4) is 0 Å². The van der Waals surface area contributed by atoms with Crippen molar-refractivity contribution < 1.29 is 14.3 Å². The summed E-state index contributed by atoms with van der Waals surface area (Å²) in [6, 6.07) is 0. The molecule has 0 unspecified atom stereocenters. The van der Waals surface area contributed by atoms with Gasteiger partial charge in [0.15, 0.2) is 5.75 Å². The average Bonchev–Trinajstić information content (AvgIpc) is 2.41. The van der Waals surface area contributed by atoms with E-state index in [-0.39, 0.29) is 29.4 Å². The first-order valence-corrected chi connectivity index (χ1v) is 7.69. The first-order chi connectivity index (χ1) is 9.95. The van der Waals surface area contributed by atoms with Crippen LogP contribution in [0.4, 0.5) is 0 Å². The second-order valence-corrected chi connectivity index (χ2v) is 6.02. The van der Waals surface area contributed by atoms with E-state index in [0.717, 1.165) is 19.3 Å². The monoisotopic (exact) mass is 312 g/mol. The van der Waals surface area contributed by atoms with Gasteiger partial charge in [-0.2, -0.15) is 0 Å². The molecule has 1 aromatic heterocycles. The van der Waals surface area contributed by atoms with Gasteiger partial charge >= 0.3 is 5.97 Å². The number of hydrogen-bond donors (Lipinski definition) is 0. The normalized spacial score (nSPS) is 22.1. The zero-order valence-corrected chi connectivity index (χ0v) is 13.4. The zero-order chi connectivity index (χ0) is 15.4. The number of halogens is 1. The highest BCUT2D eigenvalue weighted by molar-refractivity contribution is 6.28. The Morgan fingerprint density at radius 2 is 2.19 bits per heavy atom. The molecule has 116 valence electrons. The summed E-state index contributed by atoms with van der Waals surface area (Å²) in [6.07, 6.45) is 4.91. The summed E-state index contributed by atoms with van der Waals surface area (Å²) >= 11 is 5.73. The number of carbonyl (C=O) groups is 1. The van der Waals surface area contributed by atoms with Crippen LogP contribution in [0, 0.1) is 12.8 Å². The van der Waals surface area contributed by atoms with Gasteiger partial charge in [0.2, 0.25) is 5.28 Å². The lowest BCUT2D eigenvalue weighted by Gasteiger charge is -2.29. The van der Waals surface area contributed by atoms with Gasteiger partial charge in [0.05, 0.1) is 30.0 Å². The second kappa shape index (κ2) is 7.07. The van der Waals surface area contributed by atoms with Gasteiger partial charge in [0, 0.05) is 0 Å². The highest BCUT2D eigenvalue weighted by atomic mass is 35.5. The standard InChI is InChI=1S/C15H21ClN2O3/c1-9(2)20-14(19)11-5-4-6-12(7-11)21-13-8-17-15(16)18-10(13)3/h8-9,11-12H,4-7H2,1-3H3/t11-,12-/m0/s1. The molecule has 0 saturated heterocycles. The number of carbonyl (C=O) groups excluding carboxylic acids is 1.